The zero-order valence-corrected chi connectivity index (χ0v) is 9.71. The van der Waals surface area contributed by atoms with Gasteiger partial charge in [-0.15, -0.1) is 0 Å². The zero-order chi connectivity index (χ0) is 11.6. The van der Waals surface area contributed by atoms with E-state index in [0.29, 0.717) is 11.3 Å². The Bertz CT molecular complexity index is 427. The molecular formula is C14H15NO. The van der Waals surface area contributed by atoms with Crippen molar-refractivity contribution < 1.29 is 4.74 Å². The van der Waals surface area contributed by atoms with Crippen LogP contribution >= 0.6 is 0 Å². The third-order valence-corrected chi connectivity index (χ3v) is 3.34. The van der Waals surface area contributed by atoms with Crippen molar-refractivity contribution in [1.82, 2.24) is 0 Å². The number of hydrogen-bond donors (Lipinski definition) is 0. The summed E-state index contributed by atoms with van der Waals surface area (Å²) in [5.74, 6) is 0.708. The van der Waals surface area contributed by atoms with E-state index in [1.165, 1.54) is 0 Å². The van der Waals surface area contributed by atoms with Crippen LogP contribution < -0.4 is 4.74 Å². The monoisotopic (exact) mass is 213 g/mol. The van der Waals surface area contributed by atoms with Crippen LogP contribution in [0.25, 0.3) is 0 Å². The van der Waals surface area contributed by atoms with Crippen molar-refractivity contribution in [1.29, 1.82) is 5.26 Å². The fraction of sp³-hybridized carbons (Fsp3) is 0.429. The molecule has 0 spiro atoms. The molecule has 2 rings (SSSR count). The Balaban J connectivity index is 2.42. The maximum Gasteiger partial charge on any atom is 0.141 e. The van der Waals surface area contributed by atoms with Crippen LogP contribution in [-0.2, 0) is 0 Å². The highest BCUT2D eigenvalue weighted by molar-refractivity contribution is 5.52. The topological polar surface area (TPSA) is 33.0 Å². The largest absolute Gasteiger partial charge is 0.486 e. The molecule has 1 heterocycles. The maximum absolute atomic E-state index is 9.05. The molecule has 0 fully saturated rings. The molecule has 1 aromatic rings. The first-order valence-corrected chi connectivity index (χ1v) is 5.70. The van der Waals surface area contributed by atoms with Gasteiger partial charge in [0, 0.05) is 12.0 Å². The molecule has 82 valence electrons. The molecule has 0 aliphatic carbocycles. The molecule has 0 saturated carbocycles. The van der Waals surface area contributed by atoms with Gasteiger partial charge in [0.15, 0.2) is 0 Å². The van der Waals surface area contributed by atoms with Crippen LogP contribution in [0.4, 0.5) is 0 Å². The quantitative estimate of drug-likeness (QED) is 0.755. The number of para-hydroxylation sites is 1. The van der Waals surface area contributed by atoms with Gasteiger partial charge in [0.05, 0.1) is 5.56 Å². The van der Waals surface area contributed by atoms with Crippen LogP contribution in [-0.4, -0.2) is 5.60 Å². The van der Waals surface area contributed by atoms with Crippen molar-refractivity contribution in [2.75, 3.05) is 0 Å². The molecule has 1 aliphatic rings. The predicted molar refractivity (Wildman–Crippen MR) is 62.1 cm³/mol. The second kappa shape index (κ2) is 4.17. The van der Waals surface area contributed by atoms with Crippen molar-refractivity contribution >= 4 is 0 Å². The molecule has 0 atom stereocenters. The van der Waals surface area contributed by atoms with Crippen LogP contribution in [0.1, 0.15) is 44.2 Å². The molecule has 2 heteroatoms. The van der Waals surface area contributed by atoms with Crippen molar-refractivity contribution in [3.8, 4) is 11.8 Å². The van der Waals surface area contributed by atoms with E-state index >= 15 is 0 Å². The molecule has 1 aromatic carbocycles. The molecule has 1 aliphatic heterocycles. The smallest absolute Gasteiger partial charge is 0.141 e. The summed E-state index contributed by atoms with van der Waals surface area (Å²) in [6.45, 7) is 4.23. The van der Waals surface area contributed by atoms with E-state index in [0.717, 1.165) is 24.8 Å². The van der Waals surface area contributed by atoms with E-state index in [1.807, 2.05) is 12.1 Å². The molecule has 2 radical (unpaired) electrons. The third-order valence-electron chi connectivity index (χ3n) is 3.34. The minimum Gasteiger partial charge on any atom is -0.486 e. The number of fused-ring (bicyclic) bond motifs is 1. The summed E-state index contributed by atoms with van der Waals surface area (Å²) in [5.41, 5.74) is 1.37. The lowest BCUT2D eigenvalue weighted by Crippen LogP contribution is -2.37. The predicted octanol–water partition coefficient (Wildman–Crippen LogP) is 3.33. The SMILES string of the molecule is CCC1(CC)C[C]c2cccc(C#N)c2O1. The zero-order valence-electron chi connectivity index (χ0n) is 9.71. The lowest BCUT2D eigenvalue weighted by Gasteiger charge is -2.37. The Morgan fingerprint density at radius 2 is 2.19 bits per heavy atom. The molecular weight excluding hydrogens is 198 g/mol. The highest BCUT2D eigenvalue weighted by Gasteiger charge is 2.34. The first kappa shape index (κ1) is 11.0. The second-order valence-electron chi connectivity index (χ2n) is 4.14. The average molecular weight is 213 g/mol. The number of nitrogens with zero attached hydrogens (tertiary/aromatic N) is 1. The van der Waals surface area contributed by atoms with Gasteiger partial charge in [-0.3, -0.25) is 0 Å². The van der Waals surface area contributed by atoms with E-state index in [9.17, 15) is 0 Å². The van der Waals surface area contributed by atoms with Gasteiger partial charge in [0.2, 0.25) is 0 Å². The number of nitriles is 1. The van der Waals surface area contributed by atoms with Gasteiger partial charge < -0.3 is 4.74 Å². The van der Waals surface area contributed by atoms with Gasteiger partial charge in [-0.25, -0.2) is 0 Å². The summed E-state index contributed by atoms with van der Waals surface area (Å²) in [5, 5.41) is 9.05. The first-order chi connectivity index (χ1) is 7.74. The average Bonchev–Trinajstić information content (AvgIpc) is 2.37. The fourth-order valence-corrected chi connectivity index (χ4v) is 2.03. The van der Waals surface area contributed by atoms with E-state index in [1.54, 1.807) is 6.07 Å². The number of hydrogen-bond acceptors (Lipinski definition) is 2. The molecule has 0 amide bonds. The Morgan fingerprint density at radius 3 is 2.81 bits per heavy atom. The van der Waals surface area contributed by atoms with E-state index in [-0.39, 0.29) is 5.60 Å². The first-order valence-electron chi connectivity index (χ1n) is 5.70. The van der Waals surface area contributed by atoms with E-state index < -0.39 is 0 Å². The van der Waals surface area contributed by atoms with Crippen LogP contribution in [0.5, 0.6) is 5.75 Å². The van der Waals surface area contributed by atoms with Gasteiger partial charge in [-0.1, -0.05) is 26.0 Å². The Kier molecular flexibility index (Phi) is 2.87. The van der Waals surface area contributed by atoms with Gasteiger partial charge in [-0.2, -0.15) is 5.26 Å². The molecule has 2 nitrogen and oxygen atoms in total. The Labute approximate surface area is 96.9 Å². The van der Waals surface area contributed by atoms with Gasteiger partial charge in [0.25, 0.3) is 0 Å². The normalized spacial score (nSPS) is 17.1. The van der Waals surface area contributed by atoms with Crippen molar-refractivity contribution in [2.24, 2.45) is 0 Å². The van der Waals surface area contributed by atoms with Crippen LogP contribution in [0.2, 0.25) is 0 Å². The third kappa shape index (κ3) is 1.67. The van der Waals surface area contributed by atoms with Crippen molar-refractivity contribution in [3.05, 3.63) is 35.7 Å². The Morgan fingerprint density at radius 1 is 1.44 bits per heavy atom. The molecule has 0 N–H and O–H groups in total. The summed E-state index contributed by atoms with van der Waals surface area (Å²) in [4.78, 5) is 0. The Hall–Kier alpha value is -1.49. The van der Waals surface area contributed by atoms with Crippen LogP contribution in [0.3, 0.4) is 0 Å². The maximum atomic E-state index is 9.05. The highest BCUT2D eigenvalue weighted by Crippen LogP contribution is 2.39. The summed E-state index contributed by atoms with van der Waals surface area (Å²) in [6.07, 6.45) is 6.04. The van der Waals surface area contributed by atoms with Crippen LogP contribution in [0, 0.1) is 17.8 Å². The standard InChI is InChI=1S/C14H15NO/c1-3-14(4-2)9-8-11-6-5-7-12(10-15)13(11)16-14/h5-7H,3-4,9H2,1-2H3. The van der Waals surface area contributed by atoms with Crippen molar-refractivity contribution in [3.63, 3.8) is 0 Å². The van der Waals surface area contributed by atoms with Gasteiger partial charge >= 0.3 is 0 Å². The molecule has 0 aromatic heterocycles. The molecule has 0 saturated heterocycles. The minimum atomic E-state index is -0.167. The summed E-state index contributed by atoms with van der Waals surface area (Å²) >= 11 is 0. The minimum absolute atomic E-state index is 0.167. The van der Waals surface area contributed by atoms with Crippen molar-refractivity contribution in [2.45, 2.75) is 38.7 Å². The molecule has 16 heavy (non-hydrogen) atoms. The van der Waals surface area contributed by atoms with E-state index in [2.05, 4.69) is 26.3 Å². The lowest BCUT2D eigenvalue weighted by molar-refractivity contribution is 0.0505. The number of rotatable bonds is 2. The summed E-state index contributed by atoms with van der Waals surface area (Å²) in [6, 6.07) is 7.79. The summed E-state index contributed by atoms with van der Waals surface area (Å²) < 4.78 is 6.05. The van der Waals surface area contributed by atoms with E-state index in [4.69, 9.17) is 10.00 Å². The summed E-state index contributed by atoms with van der Waals surface area (Å²) in [7, 11) is 0. The lowest BCUT2D eigenvalue weighted by atomic mass is 9.86. The van der Waals surface area contributed by atoms with Crippen LogP contribution in [0.15, 0.2) is 18.2 Å². The van der Waals surface area contributed by atoms with Gasteiger partial charge in [-0.05, 0) is 25.3 Å². The highest BCUT2D eigenvalue weighted by atomic mass is 16.5. The number of ether oxygens (including phenoxy) is 1. The molecule has 0 unspecified atom stereocenters. The number of benzene rings is 1. The molecule has 0 bridgehead atoms. The van der Waals surface area contributed by atoms with Gasteiger partial charge in [0.1, 0.15) is 17.4 Å². The second-order valence-corrected chi connectivity index (χ2v) is 4.14. The fourth-order valence-electron chi connectivity index (χ4n) is 2.03.